The Bertz CT molecular complexity index is 659. The Balaban J connectivity index is 1.41. The predicted octanol–water partition coefficient (Wildman–Crippen LogP) is 7.40. The summed E-state index contributed by atoms with van der Waals surface area (Å²) in [5.74, 6) is 0.807. The lowest BCUT2D eigenvalue weighted by molar-refractivity contribution is 0.00561. The van der Waals surface area contributed by atoms with E-state index in [2.05, 4.69) is 6.58 Å². The van der Waals surface area contributed by atoms with Crippen LogP contribution in [0.3, 0.4) is 0 Å². The molecule has 1 aromatic rings. The maximum absolute atomic E-state index is 13.7. The molecule has 0 bridgehead atoms. The predicted molar refractivity (Wildman–Crippen MR) is 103 cm³/mol. The number of hydrogen-bond donors (Lipinski definition) is 0. The Morgan fingerprint density at radius 1 is 0.852 bits per heavy atom. The van der Waals surface area contributed by atoms with E-state index in [4.69, 9.17) is 0 Å². The van der Waals surface area contributed by atoms with E-state index in [1.165, 1.54) is 50.7 Å². The Morgan fingerprint density at radius 2 is 1.48 bits per heavy atom. The molecular weight excluding hydrogens is 345 g/mol. The fourth-order valence-corrected chi connectivity index (χ4v) is 6.62. The van der Waals surface area contributed by atoms with Crippen LogP contribution in [0.25, 0.3) is 0 Å². The second kappa shape index (κ2) is 8.01. The van der Waals surface area contributed by atoms with E-state index in [-0.39, 0.29) is 5.92 Å². The van der Waals surface area contributed by atoms with E-state index in [9.17, 15) is 13.2 Å². The molecule has 0 nitrogen and oxygen atoms in total. The summed E-state index contributed by atoms with van der Waals surface area (Å²) in [7, 11) is 0. The number of hydrogen-bond acceptors (Lipinski definition) is 0. The van der Waals surface area contributed by atoms with Gasteiger partial charge in [0.1, 0.15) is 0 Å². The topological polar surface area (TPSA) is 0 Å². The van der Waals surface area contributed by atoms with Crippen molar-refractivity contribution in [2.75, 3.05) is 0 Å². The molecule has 27 heavy (non-hydrogen) atoms. The number of rotatable bonds is 4. The van der Waals surface area contributed by atoms with Crippen molar-refractivity contribution in [2.24, 2.45) is 29.6 Å². The van der Waals surface area contributed by atoms with Crippen LogP contribution in [-0.2, 0) is 0 Å². The Morgan fingerprint density at radius 3 is 2.15 bits per heavy atom. The van der Waals surface area contributed by atoms with Gasteiger partial charge in [0.15, 0.2) is 17.5 Å². The largest absolute Gasteiger partial charge is 0.204 e. The lowest BCUT2D eigenvalue weighted by Crippen LogP contribution is -2.41. The fourth-order valence-electron chi connectivity index (χ4n) is 6.62. The van der Waals surface area contributed by atoms with Gasteiger partial charge in [-0.2, -0.15) is 0 Å². The first kappa shape index (κ1) is 19.1. The van der Waals surface area contributed by atoms with E-state index in [1.807, 2.05) is 6.08 Å². The van der Waals surface area contributed by atoms with Gasteiger partial charge in [0.05, 0.1) is 0 Å². The standard InChI is InChI=1S/C24H31F3/c1-2-3-4-15-5-9-20-17(11-15)6-7-18-12-16(8-10-21(18)20)19-13-22(25)24(27)23(26)14-19/h2,13-18,20-21H,1,3-12H2. The summed E-state index contributed by atoms with van der Waals surface area (Å²) in [6.45, 7) is 3.86. The summed E-state index contributed by atoms with van der Waals surface area (Å²) in [6, 6.07) is 2.44. The van der Waals surface area contributed by atoms with E-state index in [0.717, 1.165) is 49.4 Å². The van der Waals surface area contributed by atoms with E-state index in [1.54, 1.807) is 0 Å². The minimum Gasteiger partial charge on any atom is -0.204 e. The second-order valence-electron chi connectivity index (χ2n) is 9.28. The van der Waals surface area contributed by atoms with Crippen LogP contribution in [0.15, 0.2) is 24.8 Å². The molecule has 1 aromatic carbocycles. The summed E-state index contributed by atoms with van der Waals surface area (Å²) in [5, 5.41) is 0. The first-order valence-corrected chi connectivity index (χ1v) is 10.8. The van der Waals surface area contributed by atoms with E-state index in [0.29, 0.717) is 11.5 Å². The Labute approximate surface area is 161 Å². The molecule has 0 N–H and O–H groups in total. The van der Waals surface area contributed by atoms with Crippen molar-refractivity contribution >= 4 is 0 Å². The van der Waals surface area contributed by atoms with Crippen molar-refractivity contribution in [3.63, 3.8) is 0 Å². The Kier molecular flexibility index (Phi) is 5.66. The molecule has 0 amide bonds. The first-order chi connectivity index (χ1) is 13.1. The highest BCUT2D eigenvalue weighted by molar-refractivity contribution is 5.24. The highest BCUT2D eigenvalue weighted by Crippen LogP contribution is 2.55. The van der Waals surface area contributed by atoms with Crippen molar-refractivity contribution in [3.8, 4) is 0 Å². The zero-order valence-corrected chi connectivity index (χ0v) is 16.1. The molecule has 0 aliphatic heterocycles. The van der Waals surface area contributed by atoms with Gasteiger partial charge in [0.2, 0.25) is 0 Å². The zero-order valence-electron chi connectivity index (χ0n) is 16.1. The molecule has 0 spiro atoms. The highest BCUT2D eigenvalue weighted by atomic mass is 19.2. The van der Waals surface area contributed by atoms with Gasteiger partial charge in [-0.1, -0.05) is 12.5 Å². The quantitative estimate of drug-likeness (QED) is 0.379. The third-order valence-corrected chi connectivity index (χ3v) is 7.91. The van der Waals surface area contributed by atoms with Crippen molar-refractivity contribution < 1.29 is 13.2 Å². The molecule has 6 atom stereocenters. The first-order valence-electron chi connectivity index (χ1n) is 10.8. The molecular formula is C24H31F3. The van der Waals surface area contributed by atoms with Crippen molar-refractivity contribution in [1.82, 2.24) is 0 Å². The van der Waals surface area contributed by atoms with Crippen LogP contribution >= 0.6 is 0 Å². The Hall–Kier alpha value is -1.25. The molecule has 148 valence electrons. The van der Waals surface area contributed by atoms with Crippen LogP contribution in [0.1, 0.15) is 75.7 Å². The van der Waals surface area contributed by atoms with Gasteiger partial charge in [0, 0.05) is 0 Å². The van der Waals surface area contributed by atoms with Gasteiger partial charge in [-0.25, -0.2) is 13.2 Å². The molecule has 3 aliphatic carbocycles. The molecule has 3 saturated carbocycles. The van der Waals surface area contributed by atoms with E-state index < -0.39 is 17.5 Å². The fraction of sp³-hybridized carbons (Fsp3) is 0.667. The number of benzene rings is 1. The maximum Gasteiger partial charge on any atom is 0.194 e. The molecule has 0 radical (unpaired) electrons. The molecule has 6 unspecified atom stereocenters. The average Bonchev–Trinajstić information content (AvgIpc) is 2.69. The van der Waals surface area contributed by atoms with Crippen LogP contribution in [0.4, 0.5) is 13.2 Å². The summed E-state index contributed by atoms with van der Waals surface area (Å²) in [4.78, 5) is 0. The normalized spacial score (nSPS) is 36.0. The summed E-state index contributed by atoms with van der Waals surface area (Å²) in [5.41, 5.74) is 0.653. The monoisotopic (exact) mass is 376 g/mol. The van der Waals surface area contributed by atoms with Gasteiger partial charge in [0.25, 0.3) is 0 Å². The summed E-state index contributed by atoms with van der Waals surface area (Å²) < 4.78 is 40.6. The van der Waals surface area contributed by atoms with Crippen LogP contribution in [0, 0.1) is 47.0 Å². The minimum absolute atomic E-state index is 0.177. The highest BCUT2D eigenvalue weighted by Gasteiger charge is 2.44. The average molecular weight is 377 g/mol. The maximum atomic E-state index is 13.7. The zero-order chi connectivity index (χ0) is 19.0. The van der Waals surface area contributed by atoms with Gasteiger partial charge < -0.3 is 0 Å². The molecule has 0 heterocycles. The SMILES string of the molecule is C=CCCC1CCC2C(CCC3CC(c4cc(F)c(F)c(F)c4)CCC32)C1. The van der Waals surface area contributed by atoms with Crippen molar-refractivity contribution in [2.45, 2.75) is 70.1 Å². The summed E-state index contributed by atoms with van der Waals surface area (Å²) >= 11 is 0. The van der Waals surface area contributed by atoms with Crippen molar-refractivity contribution in [3.05, 3.63) is 47.8 Å². The number of allylic oxidation sites excluding steroid dienone is 1. The third-order valence-electron chi connectivity index (χ3n) is 7.91. The van der Waals surface area contributed by atoms with E-state index >= 15 is 0 Å². The number of halogens is 3. The third kappa shape index (κ3) is 3.84. The van der Waals surface area contributed by atoms with Gasteiger partial charge in [-0.15, -0.1) is 6.58 Å². The molecule has 4 rings (SSSR count). The molecule has 3 fully saturated rings. The van der Waals surface area contributed by atoms with Gasteiger partial charge in [-0.3, -0.25) is 0 Å². The molecule has 0 aromatic heterocycles. The molecule has 3 heteroatoms. The second-order valence-corrected chi connectivity index (χ2v) is 9.28. The van der Waals surface area contributed by atoms with Gasteiger partial charge >= 0.3 is 0 Å². The summed E-state index contributed by atoms with van der Waals surface area (Å²) in [6.07, 6.45) is 14.3. The van der Waals surface area contributed by atoms with Gasteiger partial charge in [-0.05, 0) is 111 Å². The van der Waals surface area contributed by atoms with Crippen LogP contribution in [-0.4, -0.2) is 0 Å². The number of fused-ring (bicyclic) bond motifs is 3. The lowest BCUT2D eigenvalue weighted by atomic mass is 9.55. The smallest absolute Gasteiger partial charge is 0.194 e. The molecule has 3 aliphatic rings. The van der Waals surface area contributed by atoms with Crippen LogP contribution in [0.2, 0.25) is 0 Å². The van der Waals surface area contributed by atoms with Crippen molar-refractivity contribution in [1.29, 1.82) is 0 Å². The van der Waals surface area contributed by atoms with Crippen LogP contribution < -0.4 is 0 Å². The minimum atomic E-state index is -1.35. The van der Waals surface area contributed by atoms with Crippen LogP contribution in [0.5, 0.6) is 0 Å². The lowest BCUT2D eigenvalue weighted by Gasteiger charge is -2.51. The molecule has 0 saturated heterocycles.